The van der Waals surface area contributed by atoms with Gasteiger partial charge in [-0.25, -0.2) is 0 Å². The number of anilines is 1. The zero-order chi connectivity index (χ0) is 12.1. The fraction of sp³-hybridized carbons (Fsp3) is 0.250. The highest BCUT2D eigenvalue weighted by Crippen LogP contribution is 2.23. The van der Waals surface area contributed by atoms with Crippen LogP contribution in [0.4, 0.5) is 5.69 Å². The number of hydrogen-bond acceptors (Lipinski definition) is 5. The molecule has 1 N–H and O–H groups in total. The molecule has 0 fully saturated rings. The fourth-order valence-corrected chi connectivity index (χ4v) is 1.90. The molecule has 4 nitrogen and oxygen atoms in total. The van der Waals surface area contributed by atoms with Crippen LogP contribution in [-0.4, -0.2) is 28.8 Å². The fourth-order valence-electron chi connectivity index (χ4n) is 1.59. The zero-order valence-corrected chi connectivity index (χ0v) is 10.3. The van der Waals surface area contributed by atoms with E-state index in [9.17, 15) is 0 Å². The number of benzene rings is 1. The Morgan fingerprint density at radius 1 is 1.35 bits per heavy atom. The summed E-state index contributed by atoms with van der Waals surface area (Å²) in [4.78, 5) is 0. The van der Waals surface area contributed by atoms with Crippen LogP contribution in [0.5, 0.6) is 0 Å². The van der Waals surface area contributed by atoms with Gasteiger partial charge in [-0.15, -0.1) is 10.2 Å². The minimum absolute atomic E-state index is 0.352. The molecule has 1 aromatic heterocycles. The number of nitrogens with one attached hydrogen (secondary N) is 1. The molecule has 0 saturated carbocycles. The number of nitriles is 1. The monoisotopic (exact) mass is 244 g/mol. The van der Waals surface area contributed by atoms with Gasteiger partial charge in [-0.05, 0) is 12.3 Å². The largest absolute Gasteiger partial charge is 0.381 e. The third-order valence-corrected chi connectivity index (χ3v) is 2.99. The highest BCUT2D eigenvalue weighted by atomic mass is 32.2. The van der Waals surface area contributed by atoms with Crippen LogP contribution < -0.4 is 5.32 Å². The molecule has 0 aliphatic heterocycles. The Hall–Kier alpha value is -1.80. The molecule has 86 valence electrons. The molecule has 1 aromatic carbocycles. The van der Waals surface area contributed by atoms with E-state index in [-0.39, 0.29) is 0 Å². The van der Waals surface area contributed by atoms with Crippen molar-refractivity contribution in [3.05, 3.63) is 30.0 Å². The molecule has 1 heterocycles. The van der Waals surface area contributed by atoms with Gasteiger partial charge in [0.05, 0.1) is 11.2 Å². The van der Waals surface area contributed by atoms with Crippen molar-refractivity contribution >= 4 is 28.4 Å². The summed E-state index contributed by atoms with van der Waals surface area (Å²) in [7, 11) is 0. The van der Waals surface area contributed by atoms with Crippen LogP contribution in [0.1, 0.15) is 5.69 Å². The molecule has 0 spiro atoms. The maximum absolute atomic E-state index is 9.04. The molecule has 0 aliphatic rings. The first-order chi connectivity index (χ1) is 8.36. The van der Waals surface area contributed by atoms with Gasteiger partial charge in [0, 0.05) is 17.7 Å². The normalized spacial score (nSPS) is 10.1. The lowest BCUT2D eigenvalue weighted by atomic mass is 10.1. The summed E-state index contributed by atoms with van der Waals surface area (Å²) in [5.41, 5.74) is 1.94. The standard InChI is InChI=1S/C12H12N4S/c1-17-7-6-14-12-9-4-2-3-5-10(9)15-16-11(12)8-13/h2-5H,6-7H2,1H3,(H,14,15). The Balaban J connectivity index is 2.45. The Morgan fingerprint density at radius 2 is 2.18 bits per heavy atom. The van der Waals surface area contributed by atoms with Crippen LogP contribution in [0, 0.1) is 11.3 Å². The Labute approximate surface area is 104 Å². The Bertz CT molecular complexity index is 562. The van der Waals surface area contributed by atoms with Crippen molar-refractivity contribution in [2.75, 3.05) is 23.9 Å². The highest BCUT2D eigenvalue weighted by Gasteiger charge is 2.08. The van der Waals surface area contributed by atoms with Gasteiger partial charge in [0.25, 0.3) is 0 Å². The van der Waals surface area contributed by atoms with Crippen molar-refractivity contribution in [1.82, 2.24) is 10.2 Å². The van der Waals surface area contributed by atoms with Gasteiger partial charge in [-0.3, -0.25) is 0 Å². The number of fused-ring (bicyclic) bond motifs is 1. The molecule has 0 atom stereocenters. The SMILES string of the molecule is CSCCNc1c(C#N)nnc2ccccc12. The molecule has 0 bridgehead atoms. The molecular formula is C12H12N4S. The van der Waals surface area contributed by atoms with Crippen molar-refractivity contribution in [2.45, 2.75) is 0 Å². The smallest absolute Gasteiger partial charge is 0.186 e. The van der Waals surface area contributed by atoms with Crippen LogP contribution in [0.25, 0.3) is 10.9 Å². The predicted molar refractivity (Wildman–Crippen MR) is 71.1 cm³/mol. The van der Waals surface area contributed by atoms with Gasteiger partial charge < -0.3 is 5.32 Å². The van der Waals surface area contributed by atoms with E-state index in [2.05, 4.69) is 27.8 Å². The minimum Gasteiger partial charge on any atom is -0.381 e. The van der Waals surface area contributed by atoms with Crippen LogP contribution in [0.2, 0.25) is 0 Å². The van der Waals surface area contributed by atoms with Crippen LogP contribution in [0.15, 0.2) is 24.3 Å². The quantitative estimate of drug-likeness (QED) is 0.836. The van der Waals surface area contributed by atoms with E-state index < -0.39 is 0 Å². The lowest BCUT2D eigenvalue weighted by Crippen LogP contribution is -2.07. The van der Waals surface area contributed by atoms with E-state index in [1.165, 1.54) is 0 Å². The van der Waals surface area contributed by atoms with E-state index >= 15 is 0 Å². The van der Waals surface area contributed by atoms with Crippen molar-refractivity contribution in [3.8, 4) is 6.07 Å². The second-order valence-electron chi connectivity index (χ2n) is 3.47. The maximum Gasteiger partial charge on any atom is 0.186 e. The second-order valence-corrected chi connectivity index (χ2v) is 4.46. The van der Waals surface area contributed by atoms with E-state index in [0.717, 1.165) is 28.9 Å². The average molecular weight is 244 g/mol. The summed E-state index contributed by atoms with van der Waals surface area (Å²) in [6, 6.07) is 9.76. The van der Waals surface area contributed by atoms with Gasteiger partial charge in [-0.1, -0.05) is 18.2 Å². The number of thioether (sulfide) groups is 1. The molecule has 2 aromatic rings. The van der Waals surface area contributed by atoms with Crippen LogP contribution in [-0.2, 0) is 0 Å². The molecule has 17 heavy (non-hydrogen) atoms. The van der Waals surface area contributed by atoms with Crippen LogP contribution in [0.3, 0.4) is 0 Å². The lowest BCUT2D eigenvalue weighted by molar-refractivity contribution is 1.04. The zero-order valence-electron chi connectivity index (χ0n) is 9.47. The molecule has 0 radical (unpaired) electrons. The number of hydrogen-bond donors (Lipinski definition) is 1. The summed E-state index contributed by atoms with van der Waals surface area (Å²) >= 11 is 1.76. The summed E-state index contributed by atoms with van der Waals surface area (Å²) in [5, 5.41) is 21.2. The molecule has 0 unspecified atom stereocenters. The number of rotatable bonds is 4. The maximum atomic E-state index is 9.04. The van der Waals surface area contributed by atoms with Gasteiger partial charge >= 0.3 is 0 Å². The summed E-state index contributed by atoms with van der Waals surface area (Å²) < 4.78 is 0. The molecule has 2 rings (SSSR count). The molecule has 0 saturated heterocycles. The lowest BCUT2D eigenvalue weighted by Gasteiger charge is -2.09. The molecule has 0 amide bonds. The van der Waals surface area contributed by atoms with Crippen molar-refractivity contribution in [3.63, 3.8) is 0 Å². The van der Waals surface area contributed by atoms with Gasteiger partial charge in [0.2, 0.25) is 0 Å². The minimum atomic E-state index is 0.352. The summed E-state index contributed by atoms with van der Waals surface area (Å²) in [5.74, 6) is 0.988. The third-order valence-electron chi connectivity index (χ3n) is 2.38. The first-order valence-electron chi connectivity index (χ1n) is 5.25. The van der Waals surface area contributed by atoms with E-state index in [1.807, 2.05) is 24.3 Å². The average Bonchev–Trinajstić information content (AvgIpc) is 2.39. The van der Waals surface area contributed by atoms with Crippen molar-refractivity contribution in [2.24, 2.45) is 0 Å². The molecule has 5 heteroatoms. The van der Waals surface area contributed by atoms with E-state index in [4.69, 9.17) is 5.26 Å². The Morgan fingerprint density at radius 3 is 2.94 bits per heavy atom. The highest BCUT2D eigenvalue weighted by molar-refractivity contribution is 7.98. The number of aromatic nitrogens is 2. The summed E-state index contributed by atoms with van der Waals surface area (Å²) in [6.45, 7) is 0.811. The van der Waals surface area contributed by atoms with E-state index in [1.54, 1.807) is 11.8 Å². The Kier molecular flexibility index (Phi) is 3.78. The van der Waals surface area contributed by atoms with Gasteiger partial charge in [0.15, 0.2) is 5.69 Å². The molecular weight excluding hydrogens is 232 g/mol. The van der Waals surface area contributed by atoms with Crippen molar-refractivity contribution < 1.29 is 0 Å². The van der Waals surface area contributed by atoms with Crippen molar-refractivity contribution in [1.29, 1.82) is 5.26 Å². The number of nitrogens with zero attached hydrogens (tertiary/aromatic N) is 3. The predicted octanol–water partition coefficient (Wildman–Crippen LogP) is 2.28. The first-order valence-corrected chi connectivity index (χ1v) is 6.64. The van der Waals surface area contributed by atoms with Gasteiger partial charge in [0.1, 0.15) is 6.07 Å². The first kappa shape index (κ1) is 11.7. The summed E-state index contributed by atoms with van der Waals surface area (Å²) in [6.07, 6.45) is 2.05. The van der Waals surface area contributed by atoms with E-state index in [0.29, 0.717) is 5.69 Å². The van der Waals surface area contributed by atoms with Crippen LogP contribution >= 0.6 is 11.8 Å². The molecule has 0 aliphatic carbocycles. The van der Waals surface area contributed by atoms with Gasteiger partial charge in [-0.2, -0.15) is 17.0 Å². The third kappa shape index (κ3) is 2.48. The second kappa shape index (κ2) is 5.51. The topological polar surface area (TPSA) is 61.6 Å².